The summed E-state index contributed by atoms with van der Waals surface area (Å²) in [4.78, 5) is 36.4. The molecule has 1 aliphatic heterocycles. The molecule has 0 bridgehead atoms. The van der Waals surface area contributed by atoms with Crippen LogP contribution >= 0.6 is 0 Å². The Bertz CT molecular complexity index is 889. The molecule has 9 heteroatoms. The minimum atomic E-state index is -0.131. The number of hydrogen-bond donors (Lipinski definition) is 0. The van der Waals surface area contributed by atoms with E-state index in [4.69, 9.17) is 5.26 Å². The molecule has 0 radical (unpaired) electrons. The number of nitriles is 1. The van der Waals surface area contributed by atoms with Crippen LogP contribution in [0.4, 0.5) is 10.6 Å². The number of rotatable bonds is 3. The second-order valence-corrected chi connectivity index (χ2v) is 6.76. The summed E-state index contributed by atoms with van der Waals surface area (Å²) >= 11 is 0. The molecule has 1 fully saturated rings. The minimum Gasteiger partial charge on any atom is -0.354 e. The molecule has 2 aromatic heterocycles. The van der Waals surface area contributed by atoms with E-state index in [-0.39, 0.29) is 24.2 Å². The molecule has 1 saturated heterocycles. The van der Waals surface area contributed by atoms with Gasteiger partial charge in [0, 0.05) is 26.3 Å². The molecule has 2 atom stereocenters. The van der Waals surface area contributed by atoms with E-state index in [1.54, 1.807) is 11.1 Å². The van der Waals surface area contributed by atoms with E-state index in [2.05, 4.69) is 21.8 Å². The molecule has 0 aliphatic carbocycles. The molecule has 0 saturated carbocycles. The Hall–Kier alpha value is -2.89. The highest BCUT2D eigenvalue weighted by molar-refractivity contribution is 6.58. The standard InChI is InChI=1S/C17H21BN6O2/c1-11-4-7-23(14(25)3-6-19)9-13(11)22(2)15-12-5-8-24(17(18)26)16(12)21-10-20-15/h5,8,10-11,13H,3-4,7,9,18H2,1-2H3/t11-,13+/m1/s1. The summed E-state index contributed by atoms with van der Waals surface area (Å²) in [5.74, 6) is 0.868. The van der Waals surface area contributed by atoms with Gasteiger partial charge in [0.05, 0.1) is 17.5 Å². The average Bonchev–Trinajstić information content (AvgIpc) is 3.06. The SMILES string of the molecule is BC(=O)n1ccc2c(N(C)[C@H]3CN(C(=O)CC#N)CC[C@H]3C)ncnc21. The van der Waals surface area contributed by atoms with E-state index >= 15 is 0 Å². The first-order valence-corrected chi connectivity index (χ1v) is 8.64. The van der Waals surface area contributed by atoms with Crippen molar-refractivity contribution in [3.63, 3.8) is 0 Å². The van der Waals surface area contributed by atoms with E-state index in [1.165, 1.54) is 18.7 Å². The maximum absolute atomic E-state index is 12.1. The second-order valence-electron chi connectivity index (χ2n) is 6.76. The van der Waals surface area contributed by atoms with Gasteiger partial charge in [0.15, 0.2) is 11.5 Å². The van der Waals surface area contributed by atoms with Crippen LogP contribution in [0.5, 0.6) is 0 Å². The fourth-order valence-corrected chi connectivity index (χ4v) is 3.59. The topological polar surface area (TPSA) is 95.1 Å². The van der Waals surface area contributed by atoms with Crippen molar-refractivity contribution in [1.82, 2.24) is 19.4 Å². The molecule has 0 unspecified atom stereocenters. The summed E-state index contributed by atoms with van der Waals surface area (Å²) < 4.78 is 1.50. The molecule has 1 amide bonds. The summed E-state index contributed by atoms with van der Waals surface area (Å²) in [5, 5.41) is 9.59. The van der Waals surface area contributed by atoms with Crippen molar-refractivity contribution in [2.24, 2.45) is 5.92 Å². The van der Waals surface area contributed by atoms with Gasteiger partial charge < -0.3 is 9.80 Å². The van der Waals surface area contributed by atoms with Gasteiger partial charge >= 0.3 is 0 Å². The number of aromatic nitrogens is 3. The lowest BCUT2D eigenvalue weighted by Crippen LogP contribution is -2.52. The number of nitrogens with zero attached hydrogens (tertiary/aromatic N) is 6. The number of carbonyl (C=O) groups excluding carboxylic acids is 2. The first-order valence-electron chi connectivity index (χ1n) is 8.64. The van der Waals surface area contributed by atoms with Crippen LogP contribution in [-0.4, -0.2) is 65.2 Å². The lowest BCUT2D eigenvalue weighted by atomic mass is 9.92. The molecular formula is C17H21BN6O2. The van der Waals surface area contributed by atoms with Crippen molar-refractivity contribution in [3.8, 4) is 6.07 Å². The van der Waals surface area contributed by atoms with Crippen molar-refractivity contribution in [1.29, 1.82) is 5.26 Å². The van der Waals surface area contributed by atoms with Crippen LogP contribution in [0.25, 0.3) is 11.0 Å². The Kier molecular flexibility index (Phi) is 4.93. The Morgan fingerprint density at radius 1 is 1.46 bits per heavy atom. The summed E-state index contributed by atoms with van der Waals surface area (Å²) in [6, 6.07) is 3.85. The lowest BCUT2D eigenvalue weighted by molar-refractivity contribution is -0.131. The van der Waals surface area contributed by atoms with Gasteiger partial charge in [0.2, 0.25) is 13.8 Å². The Morgan fingerprint density at radius 3 is 2.92 bits per heavy atom. The third kappa shape index (κ3) is 3.15. The van der Waals surface area contributed by atoms with Crippen molar-refractivity contribution in [2.75, 3.05) is 25.0 Å². The maximum atomic E-state index is 12.1. The van der Waals surface area contributed by atoms with E-state index < -0.39 is 0 Å². The maximum Gasteiger partial charge on any atom is 0.236 e. The number of amides is 1. The van der Waals surface area contributed by atoms with Gasteiger partial charge in [-0.2, -0.15) is 5.26 Å². The van der Waals surface area contributed by atoms with Crippen molar-refractivity contribution >= 4 is 36.4 Å². The van der Waals surface area contributed by atoms with Gasteiger partial charge in [-0.15, -0.1) is 0 Å². The average molecular weight is 352 g/mol. The van der Waals surface area contributed by atoms with Crippen LogP contribution in [0.1, 0.15) is 19.8 Å². The van der Waals surface area contributed by atoms with Crippen LogP contribution in [-0.2, 0) is 4.79 Å². The third-order valence-corrected chi connectivity index (χ3v) is 5.13. The van der Waals surface area contributed by atoms with E-state index in [1.807, 2.05) is 19.2 Å². The number of hydrogen-bond acceptors (Lipinski definition) is 6. The van der Waals surface area contributed by atoms with E-state index in [9.17, 15) is 9.59 Å². The van der Waals surface area contributed by atoms with Gasteiger partial charge in [0.25, 0.3) is 0 Å². The Morgan fingerprint density at radius 2 is 2.23 bits per heavy atom. The Labute approximate surface area is 152 Å². The number of likely N-dealkylation sites (tertiary alicyclic amines) is 1. The van der Waals surface area contributed by atoms with Crippen molar-refractivity contribution in [3.05, 3.63) is 18.6 Å². The summed E-state index contributed by atoms with van der Waals surface area (Å²) in [6.45, 7) is 3.38. The van der Waals surface area contributed by atoms with Crippen LogP contribution in [0, 0.1) is 17.2 Å². The molecule has 0 N–H and O–H groups in total. The molecule has 0 aromatic carbocycles. The lowest BCUT2D eigenvalue weighted by Gasteiger charge is -2.42. The normalized spacial score (nSPS) is 20.0. The zero-order valence-electron chi connectivity index (χ0n) is 15.2. The molecule has 3 heterocycles. The molecule has 2 aromatic rings. The van der Waals surface area contributed by atoms with Crippen LogP contribution < -0.4 is 4.90 Å². The van der Waals surface area contributed by atoms with Crippen LogP contribution in [0.15, 0.2) is 18.6 Å². The monoisotopic (exact) mass is 352 g/mol. The molecule has 1 aliphatic rings. The molecule has 0 spiro atoms. The summed E-state index contributed by atoms with van der Waals surface area (Å²) in [5.41, 5.74) is 0.579. The van der Waals surface area contributed by atoms with Crippen LogP contribution in [0.2, 0.25) is 0 Å². The predicted octanol–water partition coefficient (Wildman–Crippen LogP) is 0.619. The number of anilines is 1. The summed E-state index contributed by atoms with van der Waals surface area (Å²) in [7, 11) is 3.44. The minimum absolute atomic E-state index is 0.0742. The van der Waals surface area contributed by atoms with Crippen molar-refractivity contribution in [2.45, 2.75) is 25.8 Å². The molecule has 8 nitrogen and oxygen atoms in total. The zero-order valence-corrected chi connectivity index (χ0v) is 15.2. The fourth-order valence-electron chi connectivity index (χ4n) is 3.59. The zero-order chi connectivity index (χ0) is 18.8. The van der Waals surface area contributed by atoms with E-state index in [0.29, 0.717) is 24.7 Å². The fraction of sp³-hybridized carbons (Fsp3) is 0.471. The Balaban J connectivity index is 1.91. The van der Waals surface area contributed by atoms with Gasteiger partial charge in [-0.05, 0) is 18.4 Å². The number of likely N-dealkylation sites (N-methyl/N-ethyl adjacent to an activating group) is 1. The largest absolute Gasteiger partial charge is 0.354 e. The molecule has 3 rings (SSSR count). The smallest absolute Gasteiger partial charge is 0.236 e. The van der Waals surface area contributed by atoms with Gasteiger partial charge in [-0.1, -0.05) is 6.92 Å². The predicted molar refractivity (Wildman–Crippen MR) is 99.6 cm³/mol. The first kappa shape index (κ1) is 17.9. The van der Waals surface area contributed by atoms with Crippen molar-refractivity contribution < 1.29 is 9.59 Å². The number of piperidine rings is 1. The number of carbonyl (C=O) groups is 2. The molecule has 26 heavy (non-hydrogen) atoms. The second kappa shape index (κ2) is 7.16. The quantitative estimate of drug-likeness (QED) is 0.752. The number of fused-ring (bicyclic) bond motifs is 1. The van der Waals surface area contributed by atoms with Gasteiger partial charge in [-0.3, -0.25) is 14.2 Å². The van der Waals surface area contributed by atoms with Gasteiger partial charge in [-0.25, -0.2) is 9.97 Å². The molecular weight excluding hydrogens is 331 g/mol. The highest BCUT2D eigenvalue weighted by Gasteiger charge is 2.32. The van der Waals surface area contributed by atoms with Crippen LogP contribution in [0.3, 0.4) is 0 Å². The van der Waals surface area contributed by atoms with Gasteiger partial charge in [0.1, 0.15) is 18.6 Å². The summed E-state index contributed by atoms with van der Waals surface area (Å²) in [6.07, 6.45) is 3.94. The first-order chi connectivity index (χ1) is 12.4. The third-order valence-electron chi connectivity index (χ3n) is 5.13. The highest BCUT2D eigenvalue weighted by Crippen LogP contribution is 2.29. The highest BCUT2D eigenvalue weighted by atomic mass is 16.2. The van der Waals surface area contributed by atoms with E-state index in [0.717, 1.165) is 17.6 Å². The molecule has 134 valence electrons.